The Kier molecular flexibility index (Phi) is 4.15. The molecule has 0 spiro atoms. The zero-order valence-corrected chi connectivity index (χ0v) is 10.5. The lowest BCUT2D eigenvalue weighted by atomic mass is 10.1. The lowest BCUT2D eigenvalue weighted by molar-refractivity contribution is -0.104. The van der Waals surface area contributed by atoms with Crippen LogP contribution in [-0.4, -0.2) is 41.9 Å². The van der Waals surface area contributed by atoms with Crippen LogP contribution in [0.4, 0.5) is 0 Å². The second-order valence-corrected chi connectivity index (χ2v) is 4.79. The molecule has 3 nitrogen and oxygen atoms in total. The first-order chi connectivity index (χ1) is 8.20. The van der Waals surface area contributed by atoms with Crippen molar-refractivity contribution >= 4 is 0 Å². The van der Waals surface area contributed by atoms with Crippen molar-refractivity contribution in [3.05, 3.63) is 35.9 Å². The monoisotopic (exact) mass is 235 g/mol. The van der Waals surface area contributed by atoms with Gasteiger partial charge in [-0.2, -0.15) is 0 Å². The Labute approximate surface area is 103 Å². The molecule has 1 aromatic carbocycles. The Bertz CT molecular complexity index is 341. The van der Waals surface area contributed by atoms with E-state index >= 15 is 0 Å². The normalized spacial score (nSPS) is 27.9. The van der Waals surface area contributed by atoms with Crippen LogP contribution >= 0.6 is 0 Å². The standard InChI is InChI=1S/C14H21NO2/c1-11-8-15(9-14(10-16)17-11)12(2)13-6-4-3-5-7-13/h3-7,11-12,14,16H,8-10H2,1-2H3. The first-order valence-electron chi connectivity index (χ1n) is 6.26. The van der Waals surface area contributed by atoms with Crippen LogP contribution in [0.3, 0.4) is 0 Å². The van der Waals surface area contributed by atoms with Crippen LogP contribution in [0.1, 0.15) is 25.5 Å². The average Bonchev–Trinajstić information content (AvgIpc) is 2.38. The molecule has 1 saturated heterocycles. The van der Waals surface area contributed by atoms with E-state index in [4.69, 9.17) is 4.74 Å². The summed E-state index contributed by atoms with van der Waals surface area (Å²) < 4.78 is 5.66. The highest BCUT2D eigenvalue weighted by Gasteiger charge is 2.28. The lowest BCUT2D eigenvalue weighted by Crippen LogP contribution is -2.48. The summed E-state index contributed by atoms with van der Waals surface area (Å²) in [7, 11) is 0. The Morgan fingerprint density at radius 3 is 2.71 bits per heavy atom. The molecule has 1 aromatic rings. The summed E-state index contributed by atoms with van der Waals surface area (Å²) in [6, 6.07) is 10.8. The summed E-state index contributed by atoms with van der Waals surface area (Å²) in [6.07, 6.45) is 0.136. The minimum absolute atomic E-state index is 0.0510. The van der Waals surface area contributed by atoms with Crippen molar-refractivity contribution in [2.24, 2.45) is 0 Å². The maximum atomic E-state index is 9.23. The predicted octanol–water partition coefficient (Wildman–Crippen LogP) is 1.83. The third-order valence-corrected chi connectivity index (χ3v) is 3.39. The smallest absolute Gasteiger partial charge is 0.0936 e. The van der Waals surface area contributed by atoms with Crippen molar-refractivity contribution in [2.45, 2.75) is 32.1 Å². The molecular weight excluding hydrogens is 214 g/mol. The van der Waals surface area contributed by atoms with Gasteiger partial charge in [-0.05, 0) is 19.4 Å². The molecule has 94 valence electrons. The Balaban J connectivity index is 2.06. The topological polar surface area (TPSA) is 32.7 Å². The first-order valence-corrected chi connectivity index (χ1v) is 6.26. The molecular formula is C14H21NO2. The van der Waals surface area contributed by atoms with Gasteiger partial charge in [0.1, 0.15) is 0 Å². The van der Waals surface area contributed by atoms with Gasteiger partial charge in [0.25, 0.3) is 0 Å². The van der Waals surface area contributed by atoms with Gasteiger partial charge in [0, 0.05) is 19.1 Å². The molecule has 0 amide bonds. The highest BCUT2D eigenvalue weighted by atomic mass is 16.5. The maximum Gasteiger partial charge on any atom is 0.0936 e. The van der Waals surface area contributed by atoms with E-state index in [1.54, 1.807) is 0 Å². The quantitative estimate of drug-likeness (QED) is 0.867. The van der Waals surface area contributed by atoms with Gasteiger partial charge in [-0.1, -0.05) is 30.3 Å². The van der Waals surface area contributed by atoms with E-state index in [0.29, 0.717) is 6.04 Å². The summed E-state index contributed by atoms with van der Waals surface area (Å²) in [5.41, 5.74) is 1.32. The van der Waals surface area contributed by atoms with Crippen LogP contribution in [0, 0.1) is 0 Å². The van der Waals surface area contributed by atoms with Crippen molar-refractivity contribution in [2.75, 3.05) is 19.7 Å². The van der Waals surface area contributed by atoms with Crippen molar-refractivity contribution in [1.29, 1.82) is 0 Å². The zero-order chi connectivity index (χ0) is 12.3. The molecule has 1 aliphatic rings. The second-order valence-electron chi connectivity index (χ2n) is 4.79. The summed E-state index contributed by atoms with van der Waals surface area (Å²) in [5, 5.41) is 9.23. The second kappa shape index (κ2) is 5.63. The molecule has 0 saturated carbocycles. The number of nitrogens with zero attached hydrogens (tertiary/aromatic N) is 1. The number of aliphatic hydroxyl groups excluding tert-OH is 1. The van der Waals surface area contributed by atoms with Crippen molar-refractivity contribution in [3.8, 4) is 0 Å². The summed E-state index contributed by atoms with van der Waals surface area (Å²) in [4.78, 5) is 2.38. The fourth-order valence-electron chi connectivity index (χ4n) is 2.44. The van der Waals surface area contributed by atoms with Crippen LogP contribution in [0.15, 0.2) is 30.3 Å². The third-order valence-electron chi connectivity index (χ3n) is 3.39. The van der Waals surface area contributed by atoms with Gasteiger partial charge in [-0.3, -0.25) is 4.90 Å². The Hall–Kier alpha value is -0.900. The van der Waals surface area contributed by atoms with E-state index in [0.717, 1.165) is 13.1 Å². The van der Waals surface area contributed by atoms with E-state index in [1.807, 2.05) is 6.07 Å². The molecule has 1 heterocycles. The van der Waals surface area contributed by atoms with Crippen molar-refractivity contribution in [3.63, 3.8) is 0 Å². The van der Waals surface area contributed by atoms with E-state index in [1.165, 1.54) is 5.56 Å². The predicted molar refractivity (Wildman–Crippen MR) is 67.9 cm³/mol. The fourth-order valence-corrected chi connectivity index (χ4v) is 2.44. The molecule has 1 N–H and O–H groups in total. The number of ether oxygens (including phenoxy) is 1. The van der Waals surface area contributed by atoms with Gasteiger partial charge in [-0.25, -0.2) is 0 Å². The number of rotatable bonds is 3. The van der Waals surface area contributed by atoms with Gasteiger partial charge >= 0.3 is 0 Å². The molecule has 3 unspecified atom stereocenters. The number of benzene rings is 1. The molecule has 3 heteroatoms. The van der Waals surface area contributed by atoms with E-state index < -0.39 is 0 Å². The molecule has 3 atom stereocenters. The lowest BCUT2D eigenvalue weighted by Gasteiger charge is -2.39. The Morgan fingerprint density at radius 2 is 2.06 bits per heavy atom. The molecule has 0 radical (unpaired) electrons. The molecule has 0 aliphatic carbocycles. The van der Waals surface area contributed by atoms with E-state index in [2.05, 4.69) is 43.0 Å². The first kappa shape index (κ1) is 12.6. The maximum absolute atomic E-state index is 9.23. The molecule has 0 bridgehead atoms. The van der Waals surface area contributed by atoms with E-state index in [-0.39, 0.29) is 18.8 Å². The number of hydrogen-bond donors (Lipinski definition) is 1. The van der Waals surface area contributed by atoms with Gasteiger partial charge in [-0.15, -0.1) is 0 Å². The van der Waals surface area contributed by atoms with Crippen LogP contribution in [0.2, 0.25) is 0 Å². The molecule has 0 aromatic heterocycles. The minimum atomic E-state index is -0.0510. The van der Waals surface area contributed by atoms with Gasteiger partial charge in [0.05, 0.1) is 18.8 Å². The van der Waals surface area contributed by atoms with Gasteiger partial charge in [0.15, 0.2) is 0 Å². The van der Waals surface area contributed by atoms with E-state index in [9.17, 15) is 5.11 Å². The van der Waals surface area contributed by atoms with Gasteiger partial charge in [0.2, 0.25) is 0 Å². The zero-order valence-electron chi connectivity index (χ0n) is 10.5. The molecule has 2 rings (SSSR count). The minimum Gasteiger partial charge on any atom is -0.394 e. The van der Waals surface area contributed by atoms with Crippen LogP contribution in [-0.2, 0) is 4.74 Å². The fraction of sp³-hybridized carbons (Fsp3) is 0.571. The van der Waals surface area contributed by atoms with Crippen LogP contribution in [0.5, 0.6) is 0 Å². The molecule has 17 heavy (non-hydrogen) atoms. The SMILES string of the molecule is CC1CN(C(C)c2ccccc2)CC(CO)O1. The van der Waals surface area contributed by atoms with Crippen molar-refractivity contribution < 1.29 is 9.84 Å². The molecule has 1 aliphatic heterocycles. The highest BCUT2D eigenvalue weighted by molar-refractivity contribution is 5.18. The summed E-state index contributed by atoms with van der Waals surface area (Å²) in [5.74, 6) is 0. The largest absolute Gasteiger partial charge is 0.394 e. The van der Waals surface area contributed by atoms with Gasteiger partial charge < -0.3 is 9.84 Å². The van der Waals surface area contributed by atoms with Crippen molar-refractivity contribution in [1.82, 2.24) is 4.90 Å². The summed E-state index contributed by atoms with van der Waals surface area (Å²) >= 11 is 0. The van der Waals surface area contributed by atoms with Crippen LogP contribution in [0.25, 0.3) is 0 Å². The van der Waals surface area contributed by atoms with Crippen LogP contribution < -0.4 is 0 Å². The number of aliphatic hydroxyl groups is 1. The highest BCUT2D eigenvalue weighted by Crippen LogP contribution is 2.24. The third kappa shape index (κ3) is 3.06. The Morgan fingerprint density at radius 1 is 1.35 bits per heavy atom. The number of morpholine rings is 1. The summed E-state index contributed by atoms with van der Waals surface area (Å²) in [6.45, 7) is 6.10. The number of hydrogen-bond acceptors (Lipinski definition) is 3. The average molecular weight is 235 g/mol. The molecule has 1 fully saturated rings.